The molecule has 0 atom stereocenters. The fourth-order valence-corrected chi connectivity index (χ4v) is 7.17. The Labute approximate surface area is 260 Å². The molecule has 2 aliphatic rings. The van der Waals surface area contributed by atoms with Crippen molar-refractivity contribution in [3.05, 3.63) is 100 Å². The van der Waals surface area contributed by atoms with Gasteiger partial charge in [-0.05, 0) is 67.7 Å². The molecular weight excluding hydrogens is 564 g/mol. The van der Waals surface area contributed by atoms with Gasteiger partial charge in [0.15, 0.2) is 5.43 Å². The molecule has 0 aliphatic carbocycles. The summed E-state index contributed by atoms with van der Waals surface area (Å²) in [6.07, 6.45) is 3.53. The number of carbonyl (C=O) groups excluding carboxylic acids is 2. The van der Waals surface area contributed by atoms with E-state index in [0.29, 0.717) is 28.4 Å². The van der Waals surface area contributed by atoms with Crippen LogP contribution in [-0.4, -0.2) is 88.3 Å². The highest BCUT2D eigenvalue weighted by atomic mass is 16.2. The SMILES string of the molecule is O=C1c2cccc3cccc(c23)C(=O)N1CCCN1CCN(CCCNc2ccc3ncn4c5ccccc5c(=O)c2c34)CC1. The highest BCUT2D eigenvalue weighted by Crippen LogP contribution is 2.30. The van der Waals surface area contributed by atoms with Crippen LogP contribution in [0.2, 0.25) is 0 Å². The highest BCUT2D eigenvalue weighted by molar-refractivity contribution is 6.25. The van der Waals surface area contributed by atoms with Gasteiger partial charge in [-0.15, -0.1) is 0 Å². The Bertz CT molecular complexity index is 2100. The molecule has 4 heterocycles. The van der Waals surface area contributed by atoms with E-state index in [-0.39, 0.29) is 17.2 Å². The number of rotatable bonds is 9. The number of hydrogen-bond donors (Lipinski definition) is 1. The first-order valence-corrected chi connectivity index (χ1v) is 15.8. The van der Waals surface area contributed by atoms with Gasteiger partial charge in [-0.25, -0.2) is 4.98 Å². The van der Waals surface area contributed by atoms with Crippen LogP contribution in [-0.2, 0) is 0 Å². The maximum absolute atomic E-state index is 13.5. The number of nitrogens with zero attached hydrogens (tertiary/aromatic N) is 5. The van der Waals surface area contributed by atoms with Crippen LogP contribution in [0.3, 0.4) is 0 Å². The number of aromatic nitrogens is 2. The third kappa shape index (κ3) is 4.70. The summed E-state index contributed by atoms with van der Waals surface area (Å²) in [6.45, 7) is 6.96. The molecule has 2 aliphatic heterocycles. The predicted molar refractivity (Wildman–Crippen MR) is 178 cm³/mol. The number of hydrogen-bond acceptors (Lipinski definition) is 7. The molecule has 1 fully saturated rings. The molecular formula is C36H34N6O3. The molecule has 1 saturated heterocycles. The Kier molecular flexibility index (Phi) is 6.92. The fraction of sp³-hybridized carbons (Fsp3) is 0.278. The van der Waals surface area contributed by atoms with E-state index >= 15 is 0 Å². The van der Waals surface area contributed by atoms with Crippen molar-refractivity contribution >= 4 is 55.6 Å². The van der Waals surface area contributed by atoms with Gasteiger partial charge in [-0.3, -0.25) is 23.7 Å². The van der Waals surface area contributed by atoms with E-state index in [4.69, 9.17) is 0 Å². The van der Waals surface area contributed by atoms with E-state index < -0.39 is 0 Å². The molecule has 45 heavy (non-hydrogen) atoms. The average molecular weight is 599 g/mol. The van der Waals surface area contributed by atoms with Gasteiger partial charge in [0.25, 0.3) is 11.8 Å². The zero-order chi connectivity index (χ0) is 30.5. The number of para-hydroxylation sites is 1. The lowest BCUT2D eigenvalue weighted by molar-refractivity contribution is 0.0597. The Morgan fingerprint density at radius 3 is 2.11 bits per heavy atom. The summed E-state index contributed by atoms with van der Waals surface area (Å²) in [7, 11) is 0. The summed E-state index contributed by atoms with van der Waals surface area (Å²) in [6, 6.07) is 23.0. The van der Waals surface area contributed by atoms with Crippen molar-refractivity contribution in [2.45, 2.75) is 12.8 Å². The minimum Gasteiger partial charge on any atom is -0.384 e. The van der Waals surface area contributed by atoms with E-state index in [9.17, 15) is 14.4 Å². The average Bonchev–Trinajstić information content (AvgIpc) is 3.51. The molecule has 1 N–H and O–H groups in total. The zero-order valence-corrected chi connectivity index (χ0v) is 25.0. The van der Waals surface area contributed by atoms with Gasteiger partial charge in [-0.2, -0.15) is 0 Å². The van der Waals surface area contributed by atoms with Crippen molar-refractivity contribution < 1.29 is 9.59 Å². The second kappa shape index (κ2) is 11.3. The van der Waals surface area contributed by atoms with Crippen molar-refractivity contribution in [1.82, 2.24) is 24.1 Å². The normalized spacial score (nSPS) is 16.1. The van der Waals surface area contributed by atoms with Gasteiger partial charge in [0, 0.05) is 66.9 Å². The van der Waals surface area contributed by atoms with E-state index in [1.165, 1.54) is 4.90 Å². The molecule has 2 amide bonds. The largest absolute Gasteiger partial charge is 0.384 e. The Balaban J connectivity index is 0.825. The number of nitrogens with one attached hydrogen (secondary N) is 1. The number of piperazine rings is 1. The monoisotopic (exact) mass is 598 g/mol. The highest BCUT2D eigenvalue weighted by Gasteiger charge is 2.32. The quantitative estimate of drug-likeness (QED) is 0.147. The van der Waals surface area contributed by atoms with Gasteiger partial charge in [0.2, 0.25) is 0 Å². The molecule has 0 unspecified atom stereocenters. The van der Waals surface area contributed by atoms with Crippen LogP contribution >= 0.6 is 0 Å². The summed E-state index contributed by atoms with van der Waals surface area (Å²) >= 11 is 0. The third-order valence-corrected chi connectivity index (χ3v) is 9.49. The van der Waals surface area contributed by atoms with Crippen molar-refractivity contribution in [2.24, 2.45) is 0 Å². The molecule has 2 aromatic heterocycles. The minimum atomic E-state index is -0.188. The van der Waals surface area contributed by atoms with Crippen LogP contribution < -0.4 is 10.7 Å². The fourth-order valence-electron chi connectivity index (χ4n) is 7.17. The van der Waals surface area contributed by atoms with Gasteiger partial charge in [0.05, 0.1) is 21.9 Å². The molecule has 9 nitrogen and oxygen atoms in total. The van der Waals surface area contributed by atoms with Crippen molar-refractivity contribution in [3.8, 4) is 0 Å². The molecule has 226 valence electrons. The van der Waals surface area contributed by atoms with E-state index in [1.807, 2.05) is 77.2 Å². The van der Waals surface area contributed by atoms with Crippen LogP contribution in [0.15, 0.2) is 83.9 Å². The maximum atomic E-state index is 13.5. The summed E-state index contributed by atoms with van der Waals surface area (Å²) in [5, 5.41) is 6.65. The predicted octanol–water partition coefficient (Wildman–Crippen LogP) is 4.70. The smallest absolute Gasteiger partial charge is 0.261 e. The van der Waals surface area contributed by atoms with Crippen molar-refractivity contribution in [1.29, 1.82) is 0 Å². The molecule has 9 heteroatoms. The number of carbonyl (C=O) groups is 2. The first kappa shape index (κ1) is 27.7. The van der Waals surface area contributed by atoms with Crippen molar-refractivity contribution in [3.63, 3.8) is 0 Å². The third-order valence-electron chi connectivity index (χ3n) is 9.49. The zero-order valence-electron chi connectivity index (χ0n) is 25.0. The molecule has 6 aromatic rings. The number of benzene rings is 4. The van der Waals surface area contributed by atoms with Gasteiger partial charge >= 0.3 is 0 Å². The van der Waals surface area contributed by atoms with Gasteiger partial charge in [-0.1, -0.05) is 36.4 Å². The first-order valence-electron chi connectivity index (χ1n) is 15.8. The summed E-state index contributed by atoms with van der Waals surface area (Å²) < 4.78 is 2.02. The molecule has 0 bridgehead atoms. The van der Waals surface area contributed by atoms with Gasteiger partial charge < -0.3 is 15.1 Å². The Morgan fingerprint density at radius 2 is 1.38 bits per heavy atom. The number of imidazole rings is 1. The second-order valence-electron chi connectivity index (χ2n) is 12.1. The number of fused-ring (bicyclic) bond motifs is 2. The number of anilines is 1. The summed E-state index contributed by atoms with van der Waals surface area (Å²) in [5.41, 5.74) is 4.72. The lowest BCUT2D eigenvalue weighted by Gasteiger charge is -2.35. The van der Waals surface area contributed by atoms with E-state index in [1.54, 1.807) is 6.33 Å². The van der Waals surface area contributed by atoms with Crippen LogP contribution in [0.1, 0.15) is 33.6 Å². The Morgan fingerprint density at radius 1 is 0.689 bits per heavy atom. The number of pyridine rings is 1. The standard InChI is InChI=1S/C36H34N6O3/c43-34-25-9-1-2-12-30(25)42-23-38-29-14-13-28(32(34)33(29)42)37-15-5-16-39-19-21-40(22-20-39)17-6-18-41-35(44)26-10-3-7-24-8-4-11-27(31(24)26)36(41)45/h1-4,7-14,23,37H,5-6,15-22H2. The lowest BCUT2D eigenvalue weighted by atomic mass is 9.94. The van der Waals surface area contributed by atoms with E-state index in [2.05, 4.69) is 20.1 Å². The summed E-state index contributed by atoms with van der Waals surface area (Å²) in [4.78, 5) is 50.7. The molecule has 0 radical (unpaired) electrons. The van der Waals surface area contributed by atoms with Gasteiger partial charge in [0.1, 0.15) is 6.33 Å². The van der Waals surface area contributed by atoms with Crippen LogP contribution in [0.25, 0.3) is 38.1 Å². The molecule has 0 spiro atoms. The Hall–Kier alpha value is -4.86. The van der Waals surface area contributed by atoms with Crippen LogP contribution in [0, 0.1) is 0 Å². The molecule has 4 aromatic carbocycles. The molecule has 0 saturated carbocycles. The molecule has 8 rings (SSSR count). The van der Waals surface area contributed by atoms with Crippen LogP contribution in [0.4, 0.5) is 5.69 Å². The maximum Gasteiger partial charge on any atom is 0.261 e. The number of amides is 2. The first-order chi connectivity index (χ1) is 22.1. The van der Waals surface area contributed by atoms with Crippen LogP contribution in [0.5, 0.6) is 0 Å². The number of imide groups is 1. The summed E-state index contributed by atoms with van der Waals surface area (Å²) in [5.74, 6) is -0.376. The van der Waals surface area contributed by atoms with Crippen molar-refractivity contribution in [2.75, 3.05) is 57.7 Å². The minimum absolute atomic E-state index is 0.0408. The second-order valence-corrected chi connectivity index (χ2v) is 12.1. The lowest BCUT2D eigenvalue weighted by Crippen LogP contribution is -2.48. The topological polar surface area (TPSA) is 90.3 Å². The van der Waals surface area contributed by atoms with E-state index in [0.717, 1.165) is 91.7 Å².